The van der Waals surface area contributed by atoms with Gasteiger partial charge in [0, 0.05) is 12.6 Å². The average Bonchev–Trinajstić information content (AvgIpc) is 2.97. The maximum atomic E-state index is 12.4. The fourth-order valence-corrected chi connectivity index (χ4v) is 3.16. The molecule has 1 aromatic heterocycles. The Bertz CT molecular complexity index is 579. The van der Waals surface area contributed by atoms with E-state index in [1.54, 1.807) is 4.90 Å². The maximum absolute atomic E-state index is 12.4. The largest absolute Gasteiger partial charge is 0.438 e. The quantitative estimate of drug-likeness (QED) is 0.916. The maximum Gasteiger partial charge on any atom is 0.289 e. The predicted octanol–water partition coefficient (Wildman–Crippen LogP) is 1.59. The number of sulfonamides is 1. The molecule has 0 saturated carbocycles. The number of nitrogens with one attached hydrogen (secondary N) is 1. The molecule has 7 heteroatoms. The van der Waals surface area contributed by atoms with Gasteiger partial charge in [-0.15, -0.1) is 0 Å². The lowest BCUT2D eigenvalue weighted by molar-refractivity contribution is 0.0570. The van der Waals surface area contributed by atoms with E-state index >= 15 is 0 Å². The minimum Gasteiger partial charge on any atom is -0.438 e. The molecule has 1 fully saturated rings. The van der Waals surface area contributed by atoms with Crippen LogP contribution in [-0.2, 0) is 10.0 Å². The average molecular weight is 300 g/mol. The molecule has 1 N–H and O–H groups in total. The molecule has 20 heavy (non-hydrogen) atoms. The molecule has 0 radical (unpaired) electrons. The van der Waals surface area contributed by atoms with Gasteiger partial charge >= 0.3 is 0 Å². The number of hydrogen-bond acceptors (Lipinski definition) is 4. The summed E-state index contributed by atoms with van der Waals surface area (Å²) < 4.78 is 30.6. The van der Waals surface area contributed by atoms with Crippen LogP contribution in [0.3, 0.4) is 0 Å². The standard InChI is InChI=1S/C13H20N2O4S/c1-3-10-6-4-5-9-15(10)13(16)11-7-8-12(19-11)20(17,18)14-2/h7-8,10,14H,3-6,9H2,1-2H3. The molecule has 2 heterocycles. The Morgan fingerprint density at radius 2 is 2.20 bits per heavy atom. The van der Waals surface area contributed by atoms with Crippen LogP contribution in [0.4, 0.5) is 0 Å². The predicted molar refractivity (Wildman–Crippen MR) is 73.9 cm³/mol. The fraction of sp³-hybridized carbons (Fsp3) is 0.615. The van der Waals surface area contributed by atoms with Crippen molar-refractivity contribution in [3.63, 3.8) is 0 Å². The number of likely N-dealkylation sites (tertiary alicyclic amines) is 1. The molecule has 2 rings (SSSR count). The molecule has 0 bridgehead atoms. The van der Waals surface area contributed by atoms with Crippen molar-refractivity contribution in [3.8, 4) is 0 Å². The molecule has 1 aliphatic heterocycles. The molecular formula is C13H20N2O4S. The van der Waals surface area contributed by atoms with E-state index in [4.69, 9.17) is 4.42 Å². The summed E-state index contributed by atoms with van der Waals surface area (Å²) in [7, 11) is -2.35. The summed E-state index contributed by atoms with van der Waals surface area (Å²) in [6, 6.07) is 2.95. The molecule has 0 spiro atoms. The van der Waals surface area contributed by atoms with Crippen LogP contribution in [-0.4, -0.2) is 38.9 Å². The highest BCUT2D eigenvalue weighted by atomic mass is 32.2. The first-order valence-corrected chi connectivity index (χ1v) is 8.32. The summed E-state index contributed by atoms with van der Waals surface area (Å²) in [5.41, 5.74) is 0. The fourth-order valence-electron chi connectivity index (χ4n) is 2.51. The smallest absolute Gasteiger partial charge is 0.289 e. The molecule has 6 nitrogen and oxygen atoms in total. The number of carbonyl (C=O) groups excluding carboxylic acids is 1. The zero-order valence-electron chi connectivity index (χ0n) is 11.8. The van der Waals surface area contributed by atoms with Crippen LogP contribution in [0.5, 0.6) is 0 Å². The van der Waals surface area contributed by atoms with E-state index < -0.39 is 10.0 Å². The Balaban J connectivity index is 2.21. The molecule has 1 saturated heterocycles. The second-order valence-electron chi connectivity index (χ2n) is 4.88. The summed E-state index contributed by atoms with van der Waals surface area (Å²) in [6.45, 7) is 2.75. The molecule has 1 atom stereocenters. The van der Waals surface area contributed by atoms with E-state index in [1.807, 2.05) is 0 Å². The van der Waals surface area contributed by atoms with Crippen LogP contribution in [0.25, 0.3) is 0 Å². The number of carbonyl (C=O) groups is 1. The van der Waals surface area contributed by atoms with Crippen molar-refractivity contribution in [2.45, 2.75) is 43.7 Å². The molecule has 0 aromatic carbocycles. The van der Waals surface area contributed by atoms with Crippen molar-refractivity contribution in [2.24, 2.45) is 0 Å². The van der Waals surface area contributed by atoms with Crippen molar-refractivity contribution in [1.82, 2.24) is 9.62 Å². The van der Waals surface area contributed by atoms with Gasteiger partial charge in [0.1, 0.15) is 0 Å². The lowest BCUT2D eigenvalue weighted by atomic mass is 10.00. The third-order valence-electron chi connectivity index (χ3n) is 3.68. The van der Waals surface area contributed by atoms with Gasteiger partial charge in [-0.1, -0.05) is 6.92 Å². The number of nitrogens with zero attached hydrogens (tertiary/aromatic N) is 1. The zero-order valence-corrected chi connectivity index (χ0v) is 12.6. The van der Waals surface area contributed by atoms with Crippen LogP contribution in [0.15, 0.2) is 21.6 Å². The zero-order chi connectivity index (χ0) is 14.8. The molecule has 112 valence electrons. The Morgan fingerprint density at radius 1 is 1.45 bits per heavy atom. The van der Waals surface area contributed by atoms with Crippen LogP contribution in [0.1, 0.15) is 43.2 Å². The first kappa shape index (κ1) is 15.1. The number of furan rings is 1. The number of hydrogen-bond donors (Lipinski definition) is 1. The van der Waals surface area contributed by atoms with Crippen LogP contribution < -0.4 is 4.72 Å². The van der Waals surface area contributed by atoms with Crippen LogP contribution in [0.2, 0.25) is 0 Å². The molecular weight excluding hydrogens is 280 g/mol. The van der Waals surface area contributed by atoms with E-state index in [9.17, 15) is 13.2 Å². The second kappa shape index (κ2) is 5.97. The van der Waals surface area contributed by atoms with Crippen molar-refractivity contribution < 1.29 is 17.6 Å². The number of rotatable bonds is 4. The first-order chi connectivity index (χ1) is 9.49. The van der Waals surface area contributed by atoms with Gasteiger partial charge in [0.2, 0.25) is 5.09 Å². The molecule has 1 aliphatic rings. The molecule has 1 amide bonds. The lowest BCUT2D eigenvalue weighted by Crippen LogP contribution is -2.43. The third-order valence-corrected chi connectivity index (χ3v) is 4.97. The summed E-state index contributed by atoms with van der Waals surface area (Å²) in [5, 5.41) is -0.228. The first-order valence-electron chi connectivity index (χ1n) is 6.84. The van der Waals surface area contributed by atoms with E-state index in [0.717, 1.165) is 25.7 Å². The summed E-state index contributed by atoms with van der Waals surface area (Å²) in [6.07, 6.45) is 3.99. The highest BCUT2D eigenvalue weighted by Crippen LogP contribution is 2.23. The minimum atomic E-state index is -3.65. The second-order valence-corrected chi connectivity index (χ2v) is 6.70. The van der Waals surface area contributed by atoms with Gasteiger partial charge in [-0.05, 0) is 44.9 Å². The Hall–Kier alpha value is -1.34. The van der Waals surface area contributed by atoms with Gasteiger partial charge in [0.05, 0.1) is 0 Å². The molecule has 0 aliphatic carbocycles. The Kier molecular flexibility index (Phi) is 4.49. The summed E-state index contributed by atoms with van der Waals surface area (Å²) >= 11 is 0. The third kappa shape index (κ3) is 2.88. The van der Waals surface area contributed by atoms with E-state index in [-0.39, 0.29) is 22.8 Å². The molecule has 1 unspecified atom stereocenters. The van der Waals surface area contributed by atoms with Crippen molar-refractivity contribution >= 4 is 15.9 Å². The Labute approximate surface area is 119 Å². The minimum absolute atomic E-state index is 0.0826. The van der Waals surface area contributed by atoms with E-state index in [1.165, 1.54) is 19.2 Å². The summed E-state index contributed by atoms with van der Waals surface area (Å²) in [5.74, 6) is -0.145. The highest BCUT2D eigenvalue weighted by Gasteiger charge is 2.29. The number of amides is 1. The van der Waals surface area contributed by atoms with Crippen molar-refractivity contribution in [2.75, 3.05) is 13.6 Å². The summed E-state index contributed by atoms with van der Waals surface area (Å²) in [4.78, 5) is 14.2. The van der Waals surface area contributed by atoms with Gasteiger partial charge < -0.3 is 9.32 Å². The van der Waals surface area contributed by atoms with E-state index in [0.29, 0.717) is 6.54 Å². The van der Waals surface area contributed by atoms with Gasteiger partial charge in [-0.2, -0.15) is 0 Å². The van der Waals surface area contributed by atoms with Crippen molar-refractivity contribution in [1.29, 1.82) is 0 Å². The van der Waals surface area contributed by atoms with E-state index in [2.05, 4.69) is 11.6 Å². The highest BCUT2D eigenvalue weighted by molar-refractivity contribution is 7.89. The molecule has 1 aromatic rings. The van der Waals surface area contributed by atoms with Crippen LogP contribution >= 0.6 is 0 Å². The van der Waals surface area contributed by atoms with Gasteiger partial charge in [0.25, 0.3) is 15.9 Å². The number of piperidine rings is 1. The lowest BCUT2D eigenvalue weighted by Gasteiger charge is -2.34. The SMILES string of the molecule is CCC1CCCCN1C(=O)c1ccc(S(=O)(=O)NC)o1. The van der Waals surface area contributed by atoms with Gasteiger partial charge in [-0.3, -0.25) is 4.79 Å². The monoisotopic (exact) mass is 300 g/mol. The van der Waals surface area contributed by atoms with Crippen molar-refractivity contribution in [3.05, 3.63) is 17.9 Å². The van der Waals surface area contributed by atoms with Gasteiger partial charge in [-0.25, -0.2) is 13.1 Å². The van der Waals surface area contributed by atoms with Crippen LogP contribution in [0, 0.1) is 0 Å². The Morgan fingerprint density at radius 3 is 2.85 bits per heavy atom. The topological polar surface area (TPSA) is 79.6 Å². The van der Waals surface area contributed by atoms with Gasteiger partial charge in [0.15, 0.2) is 5.76 Å². The normalized spacial score (nSPS) is 20.1.